The Hall–Kier alpha value is -4.19. The third kappa shape index (κ3) is 5.56. The van der Waals surface area contributed by atoms with Gasteiger partial charge >= 0.3 is 6.18 Å². The van der Waals surface area contributed by atoms with Gasteiger partial charge in [-0.15, -0.1) is 0 Å². The minimum Gasteiger partial charge on any atom is -0.493 e. The zero-order valence-corrected chi connectivity index (χ0v) is 23.5. The number of fused-ring (bicyclic) bond motifs is 1. The second-order valence-corrected chi connectivity index (χ2v) is 10.1. The lowest BCUT2D eigenvalue weighted by molar-refractivity contribution is -0.173. The van der Waals surface area contributed by atoms with Crippen molar-refractivity contribution in [1.29, 1.82) is 0 Å². The van der Waals surface area contributed by atoms with Crippen molar-refractivity contribution in [3.63, 3.8) is 0 Å². The molecule has 9 nitrogen and oxygen atoms in total. The van der Waals surface area contributed by atoms with E-state index < -0.39 is 24.2 Å². The topological polar surface area (TPSA) is 95.2 Å². The van der Waals surface area contributed by atoms with Gasteiger partial charge in [-0.1, -0.05) is 35.9 Å². The Labute approximate surface area is 239 Å². The minimum absolute atomic E-state index is 0.0753. The maximum atomic E-state index is 14.2. The van der Waals surface area contributed by atoms with Gasteiger partial charge in [0.2, 0.25) is 0 Å². The lowest BCUT2D eigenvalue weighted by atomic mass is 9.96. The Balaban J connectivity index is 1.41. The molecule has 216 valence electrons. The first-order valence-electron chi connectivity index (χ1n) is 12.7. The summed E-state index contributed by atoms with van der Waals surface area (Å²) in [4.78, 5) is 13.2. The van der Waals surface area contributed by atoms with Crippen LogP contribution in [0.15, 0.2) is 48.5 Å². The molecule has 0 fully saturated rings. The summed E-state index contributed by atoms with van der Waals surface area (Å²) in [6, 6.07) is 11.0. The summed E-state index contributed by atoms with van der Waals surface area (Å²) >= 11 is 6.29. The Morgan fingerprint density at radius 2 is 1.83 bits per heavy atom. The molecule has 0 saturated carbocycles. The molecule has 13 heteroatoms. The number of halogens is 4. The van der Waals surface area contributed by atoms with Crippen LogP contribution in [0, 0.1) is 13.8 Å². The zero-order chi connectivity index (χ0) is 29.5. The summed E-state index contributed by atoms with van der Waals surface area (Å²) in [6.07, 6.45) is -4.93. The first-order valence-corrected chi connectivity index (χ1v) is 13.1. The van der Waals surface area contributed by atoms with Crippen LogP contribution in [0.5, 0.6) is 11.5 Å². The highest BCUT2D eigenvalue weighted by atomic mass is 35.5. The van der Waals surface area contributed by atoms with E-state index in [2.05, 4.69) is 20.8 Å². The van der Waals surface area contributed by atoms with Gasteiger partial charge in [0.1, 0.15) is 5.82 Å². The molecule has 0 unspecified atom stereocenters. The number of carbonyl (C=O) groups excluding carboxylic acids is 1. The predicted octanol–water partition coefficient (Wildman–Crippen LogP) is 6.33. The van der Waals surface area contributed by atoms with Gasteiger partial charge in [-0.2, -0.15) is 23.4 Å². The number of nitrogens with one attached hydrogen (secondary N) is 2. The third-order valence-corrected chi connectivity index (χ3v) is 7.50. The smallest absolute Gasteiger partial charge is 0.410 e. The average Bonchev–Trinajstić information content (AvgIpc) is 3.49. The van der Waals surface area contributed by atoms with Crippen molar-refractivity contribution in [3.05, 3.63) is 81.8 Å². The average molecular weight is 589 g/mol. The number of ether oxygens (including phenoxy) is 2. The Kier molecular flexibility index (Phi) is 7.60. The zero-order valence-electron chi connectivity index (χ0n) is 22.7. The molecule has 2 N–H and O–H groups in total. The molecule has 4 aromatic rings. The number of carbonyl (C=O) groups is 1. The molecular formula is C28H28ClF3N6O3. The van der Waals surface area contributed by atoms with Crippen LogP contribution in [-0.2, 0) is 6.54 Å². The number of benzene rings is 2. The highest BCUT2D eigenvalue weighted by molar-refractivity contribution is 6.31. The molecule has 2 aromatic heterocycles. The standard InChI is InChI=1S/C28H28ClF3N6O3/c1-15-26(16(2)37(35-15)14-18-7-5-6-8-19(18)29)34-27(39)21-13-25-33-20(12-24(28(30,31)32)38(25)36-21)17-9-10-22(40-3)23(11-17)41-4/h5-11,13,20,24,33H,12,14H2,1-4H3,(H,34,39)/t20-,24+/m0/s1. The van der Waals surface area contributed by atoms with Crippen LogP contribution in [0.1, 0.15) is 51.5 Å². The number of alkyl halides is 3. The molecular weight excluding hydrogens is 561 g/mol. The summed E-state index contributed by atoms with van der Waals surface area (Å²) in [5.74, 6) is 0.284. The van der Waals surface area contributed by atoms with E-state index in [-0.39, 0.29) is 17.9 Å². The quantitative estimate of drug-likeness (QED) is 0.262. The number of hydrogen-bond acceptors (Lipinski definition) is 6. The molecule has 3 heterocycles. The maximum absolute atomic E-state index is 14.2. The number of methoxy groups -OCH3 is 2. The lowest BCUT2D eigenvalue weighted by Gasteiger charge is -2.33. The molecule has 1 amide bonds. The Bertz CT molecular complexity index is 1600. The predicted molar refractivity (Wildman–Crippen MR) is 148 cm³/mol. The number of amides is 1. The summed E-state index contributed by atoms with van der Waals surface area (Å²) in [5, 5.41) is 15.0. The van der Waals surface area contributed by atoms with E-state index in [1.54, 1.807) is 42.8 Å². The van der Waals surface area contributed by atoms with Gasteiger partial charge in [-0.3, -0.25) is 9.48 Å². The Morgan fingerprint density at radius 3 is 2.51 bits per heavy atom. The molecule has 41 heavy (non-hydrogen) atoms. The first kappa shape index (κ1) is 28.3. The highest BCUT2D eigenvalue weighted by Gasteiger charge is 2.47. The van der Waals surface area contributed by atoms with E-state index in [9.17, 15) is 18.0 Å². The van der Waals surface area contributed by atoms with Crippen molar-refractivity contribution in [2.24, 2.45) is 0 Å². The van der Waals surface area contributed by atoms with Crippen LogP contribution in [0.4, 0.5) is 24.7 Å². The fourth-order valence-electron chi connectivity index (χ4n) is 4.97. The molecule has 0 bridgehead atoms. The van der Waals surface area contributed by atoms with Crippen LogP contribution < -0.4 is 20.1 Å². The van der Waals surface area contributed by atoms with Gasteiger partial charge in [-0.05, 0) is 43.2 Å². The van der Waals surface area contributed by atoms with E-state index >= 15 is 0 Å². The van der Waals surface area contributed by atoms with Crippen molar-refractivity contribution in [3.8, 4) is 11.5 Å². The molecule has 2 aromatic carbocycles. The molecule has 1 aliphatic heterocycles. The number of rotatable bonds is 7. The number of anilines is 2. The summed E-state index contributed by atoms with van der Waals surface area (Å²) < 4.78 is 55.7. The van der Waals surface area contributed by atoms with Gasteiger partial charge < -0.3 is 20.1 Å². The van der Waals surface area contributed by atoms with Crippen LogP contribution in [0.2, 0.25) is 5.02 Å². The monoisotopic (exact) mass is 588 g/mol. The third-order valence-electron chi connectivity index (χ3n) is 7.13. The van der Waals surface area contributed by atoms with Crippen molar-refractivity contribution in [2.75, 3.05) is 24.9 Å². The number of nitrogens with zero attached hydrogens (tertiary/aromatic N) is 4. The van der Waals surface area contributed by atoms with Crippen LogP contribution in [0.25, 0.3) is 0 Å². The molecule has 0 radical (unpaired) electrons. The van der Waals surface area contributed by atoms with E-state index in [0.717, 1.165) is 10.2 Å². The van der Waals surface area contributed by atoms with Gasteiger partial charge in [0.25, 0.3) is 5.91 Å². The van der Waals surface area contributed by atoms with Crippen molar-refractivity contribution >= 4 is 29.0 Å². The van der Waals surface area contributed by atoms with Gasteiger partial charge in [0, 0.05) is 17.5 Å². The number of hydrogen-bond donors (Lipinski definition) is 2. The summed E-state index contributed by atoms with van der Waals surface area (Å²) in [5.41, 5.74) is 2.94. The molecule has 2 atom stereocenters. The normalized spacial score (nSPS) is 16.6. The van der Waals surface area contributed by atoms with Crippen molar-refractivity contribution < 1.29 is 27.4 Å². The summed E-state index contributed by atoms with van der Waals surface area (Å²) in [7, 11) is 2.94. The van der Waals surface area contributed by atoms with Gasteiger partial charge in [-0.25, -0.2) is 4.68 Å². The van der Waals surface area contributed by atoms with Gasteiger partial charge in [0.15, 0.2) is 23.2 Å². The Morgan fingerprint density at radius 1 is 1.10 bits per heavy atom. The second-order valence-electron chi connectivity index (χ2n) is 9.71. The van der Waals surface area contributed by atoms with Crippen molar-refractivity contribution in [1.82, 2.24) is 19.6 Å². The molecule has 0 spiro atoms. The lowest BCUT2D eigenvalue weighted by Crippen LogP contribution is -2.35. The molecule has 0 aliphatic carbocycles. The SMILES string of the molecule is COc1ccc([C@@H]2C[C@H](C(F)(F)F)n3nc(C(=O)Nc4c(C)nn(Cc5ccccc5Cl)c4C)cc3N2)cc1OC. The van der Waals surface area contributed by atoms with Gasteiger partial charge in [0.05, 0.1) is 43.9 Å². The van der Waals surface area contributed by atoms with E-state index in [1.165, 1.54) is 20.3 Å². The largest absolute Gasteiger partial charge is 0.493 e. The first-order chi connectivity index (χ1) is 19.5. The maximum Gasteiger partial charge on any atom is 0.410 e. The van der Waals surface area contributed by atoms with E-state index in [1.807, 2.05) is 18.2 Å². The molecule has 1 aliphatic rings. The van der Waals surface area contributed by atoms with E-state index in [4.69, 9.17) is 21.1 Å². The number of aryl methyl sites for hydroxylation is 1. The van der Waals surface area contributed by atoms with Crippen LogP contribution >= 0.6 is 11.6 Å². The second kappa shape index (κ2) is 11.0. The fraction of sp³-hybridized carbons (Fsp3) is 0.321. The van der Waals surface area contributed by atoms with Crippen LogP contribution in [-0.4, -0.2) is 45.9 Å². The highest BCUT2D eigenvalue weighted by Crippen LogP contribution is 2.44. The minimum atomic E-state index is -4.60. The van der Waals surface area contributed by atoms with Crippen LogP contribution in [0.3, 0.4) is 0 Å². The van der Waals surface area contributed by atoms with E-state index in [0.29, 0.717) is 45.7 Å². The molecule has 0 saturated heterocycles. The number of aromatic nitrogens is 4. The summed E-state index contributed by atoms with van der Waals surface area (Å²) in [6.45, 7) is 3.91. The molecule has 5 rings (SSSR count). The van der Waals surface area contributed by atoms with Crippen molar-refractivity contribution in [2.45, 2.75) is 45.1 Å². The fourth-order valence-corrected chi connectivity index (χ4v) is 5.17.